The van der Waals surface area contributed by atoms with Crippen molar-refractivity contribution in [2.24, 2.45) is 11.8 Å². The molecule has 1 aliphatic rings. The molecule has 1 aromatic rings. The fourth-order valence-corrected chi connectivity index (χ4v) is 3.50. The highest BCUT2D eigenvalue weighted by molar-refractivity contribution is 5.41. The van der Waals surface area contributed by atoms with Gasteiger partial charge in [-0.2, -0.15) is 0 Å². The highest BCUT2D eigenvalue weighted by atomic mass is 16.5. The van der Waals surface area contributed by atoms with E-state index in [1.807, 2.05) is 20.0 Å². The molecule has 1 aromatic heterocycles. The lowest BCUT2D eigenvalue weighted by atomic mass is 9.70. The topological polar surface area (TPSA) is 42.4 Å². The van der Waals surface area contributed by atoms with Crippen molar-refractivity contribution in [3.8, 4) is 5.75 Å². The number of hydrogen-bond donors (Lipinski definition) is 1. The molecule has 1 heterocycles. The van der Waals surface area contributed by atoms with E-state index in [1.54, 1.807) is 7.11 Å². The van der Waals surface area contributed by atoms with Gasteiger partial charge in [-0.15, -0.1) is 0 Å². The Morgan fingerprint density at radius 3 is 2.70 bits per heavy atom. The van der Waals surface area contributed by atoms with E-state index >= 15 is 0 Å². The van der Waals surface area contributed by atoms with Crippen LogP contribution in [0.25, 0.3) is 0 Å². The highest BCUT2D eigenvalue weighted by Crippen LogP contribution is 2.39. The Morgan fingerprint density at radius 1 is 1.35 bits per heavy atom. The van der Waals surface area contributed by atoms with Crippen LogP contribution in [-0.2, 0) is 6.42 Å². The van der Waals surface area contributed by atoms with Gasteiger partial charge < -0.3 is 9.84 Å². The summed E-state index contributed by atoms with van der Waals surface area (Å²) in [5, 5.41) is 11.0. The third kappa shape index (κ3) is 2.83. The van der Waals surface area contributed by atoms with E-state index in [2.05, 4.69) is 18.8 Å². The summed E-state index contributed by atoms with van der Waals surface area (Å²) in [6.07, 6.45) is 5.65. The van der Waals surface area contributed by atoms with E-state index < -0.39 is 5.60 Å². The molecule has 1 fully saturated rings. The minimum absolute atomic E-state index is 0.326. The SMILES string of the molecule is COc1c(C)cnc(CC2(O)CC(C)CCC2C)c1C. The fourth-order valence-electron chi connectivity index (χ4n) is 3.50. The summed E-state index contributed by atoms with van der Waals surface area (Å²) in [5.41, 5.74) is 2.45. The number of pyridine rings is 1. The van der Waals surface area contributed by atoms with Crippen LogP contribution in [0.1, 0.15) is 49.9 Å². The van der Waals surface area contributed by atoms with Crippen LogP contribution in [0.4, 0.5) is 0 Å². The first kappa shape index (κ1) is 15.3. The minimum Gasteiger partial charge on any atom is -0.496 e. The zero-order chi connectivity index (χ0) is 14.9. The second kappa shape index (κ2) is 5.72. The largest absolute Gasteiger partial charge is 0.496 e. The molecule has 0 aromatic carbocycles. The van der Waals surface area contributed by atoms with Gasteiger partial charge in [0.05, 0.1) is 12.7 Å². The van der Waals surface area contributed by atoms with Crippen LogP contribution in [0.15, 0.2) is 6.20 Å². The van der Waals surface area contributed by atoms with Crippen molar-refractivity contribution < 1.29 is 9.84 Å². The van der Waals surface area contributed by atoms with Gasteiger partial charge in [-0.05, 0) is 38.5 Å². The predicted molar refractivity (Wildman–Crippen MR) is 81.1 cm³/mol. The van der Waals surface area contributed by atoms with Gasteiger partial charge in [-0.1, -0.05) is 20.3 Å². The lowest BCUT2D eigenvalue weighted by molar-refractivity contribution is -0.0568. The summed E-state index contributed by atoms with van der Waals surface area (Å²) in [4.78, 5) is 4.55. The lowest BCUT2D eigenvalue weighted by Gasteiger charge is -2.41. The van der Waals surface area contributed by atoms with Crippen molar-refractivity contribution in [2.45, 2.75) is 59.0 Å². The average molecular weight is 277 g/mol. The van der Waals surface area contributed by atoms with Crippen LogP contribution >= 0.6 is 0 Å². The Hall–Kier alpha value is -1.09. The van der Waals surface area contributed by atoms with E-state index in [0.29, 0.717) is 18.3 Å². The zero-order valence-electron chi connectivity index (χ0n) is 13.4. The van der Waals surface area contributed by atoms with Crippen molar-refractivity contribution in [2.75, 3.05) is 7.11 Å². The highest BCUT2D eigenvalue weighted by Gasteiger charge is 2.39. The molecule has 3 atom stereocenters. The normalized spacial score (nSPS) is 30.3. The van der Waals surface area contributed by atoms with Gasteiger partial charge in [0.2, 0.25) is 0 Å². The molecule has 20 heavy (non-hydrogen) atoms. The number of aryl methyl sites for hydroxylation is 1. The Bertz CT molecular complexity index is 486. The molecule has 0 aliphatic heterocycles. The number of aromatic nitrogens is 1. The van der Waals surface area contributed by atoms with Crippen LogP contribution in [-0.4, -0.2) is 22.8 Å². The van der Waals surface area contributed by atoms with Crippen molar-refractivity contribution >= 4 is 0 Å². The Balaban J connectivity index is 2.29. The fraction of sp³-hybridized carbons (Fsp3) is 0.706. The van der Waals surface area contributed by atoms with Crippen molar-refractivity contribution in [3.63, 3.8) is 0 Å². The Kier molecular flexibility index (Phi) is 4.38. The molecular formula is C17H27NO2. The number of methoxy groups -OCH3 is 1. The number of ether oxygens (including phenoxy) is 1. The van der Waals surface area contributed by atoms with Crippen LogP contribution in [0.5, 0.6) is 5.75 Å². The molecule has 0 radical (unpaired) electrons. The number of rotatable bonds is 3. The molecule has 112 valence electrons. The maximum Gasteiger partial charge on any atom is 0.128 e. The quantitative estimate of drug-likeness (QED) is 0.920. The lowest BCUT2D eigenvalue weighted by Crippen LogP contribution is -2.44. The smallest absolute Gasteiger partial charge is 0.128 e. The van der Waals surface area contributed by atoms with Gasteiger partial charge in [0.1, 0.15) is 5.75 Å². The Labute approximate surface area is 122 Å². The molecule has 0 amide bonds. The third-order valence-corrected chi connectivity index (χ3v) is 4.94. The molecular weight excluding hydrogens is 250 g/mol. The molecule has 1 aliphatic carbocycles. The number of aliphatic hydroxyl groups is 1. The molecule has 1 N–H and O–H groups in total. The van der Waals surface area contributed by atoms with E-state index in [4.69, 9.17) is 4.74 Å². The number of hydrogen-bond acceptors (Lipinski definition) is 3. The molecule has 1 saturated carbocycles. The summed E-state index contributed by atoms with van der Waals surface area (Å²) >= 11 is 0. The zero-order valence-corrected chi connectivity index (χ0v) is 13.4. The van der Waals surface area contributed by atoms with E-state index in [-0.39, 0.29) is 0 Å². The molecule has 0 bridgehead atoms. The van der Waals surface area contributed by atoms with Crippen LogP contribution in [0, 0.1) is 25.7 Å². The Morgan fingerprint density at radius 2 is 2.05 bits per heavy atom. The minimum atomic E-state index is -0.629. The summed E-state index contributed by atoms with van der Waals surface area (Å²) in [6, 6.07) is 0. The molecule has 3 unspecified atom stereocenters. The van der Waals surface area contributed by atoms with Crippen LogP contribution < -0.4 is 4.74 Å². The average Bonchev–Trinajstić information content (AvgIpc) is 2.39. The monoisotopic (exact) mass is 277 g/mol. The van der Waals surface area contributed by atoms with Crippen molar-refractivity contribution in [3.05, 3.63) is 23.0 Å². The van der Waals surface area contributed by atoms with Gasteiger partial charge in [-0.25, -0.2) is 0 Å². The van der Waals surface area contributed by atoms with Gasteiger partial charge in [0.15, 0.2) is 0 Å². The maximum atomic E-state index is 11.0. The first-order chi connectivity index (χ1) is 9.37. The van der Waals surface area contributed by atoms with E-state index in [1.165, 1.54) is 6.42 Å². The first-order valence-corrected chi connectivity index (χ1v) is 7.59. The van der Waals surface area contributed by atoms with E-state index in [0.717, 1.165) is 35.4 Å². The van der Waals surface area contributed by atoms with Crippen LogP contribution in [0.2, 0.25) is 0 Å². The van der Waals surface area contributed by atoms with Gasteiger partial charge >= 0.3 is 0 Å². The van der Waals surface area contributed by atoms with Gasteiger partial charge in [0, 0.05) is 29.4 Å². The van der Waals surface area contributed by atoms with Gasteiger partial charge in [0.25, 0.3) is 0 Å². The molecule has 0 spiro atoms. The standard InChI is InChI=1S/C17H27NO2/c1-11-6-7-13(3)17(19,8-11)9-15-14(4)16(20-5)12(2)10-18-15/h10-11,13,19H,6-9H2,1-5H3. The molecule has 3 nitrogen and oxygen atoms in total. The van der Waals surface area contributed by atoms with Crippen molar-refractivity contribution in [1.82, 2.24) is 4.98 Å². The second-order valence-corrected chi connectivity index (χ2v) is 6.61. The summed E-state index contributed by atoms with van der Waals surface area (Å²) in [7, 11) is 1.69. The molecule has 3 heteroatoms. The van der Waals surface area contributed by atoms with E-state index in [9.17, 15) is 5.11 Å². The first-order valence-electron chi connectivity index (χ1n) is 7.59. The number of nitrogens with zero attached hydrogens (tertiary/aromatic N) is 1. The summed E-state index contributed by atoms with van der Waals surface area (Å²) < 4.78 is 5.46. The predicted octanol–water partition coefficient (Wildman–Crippen LogP) is 3.44. The summed E-state index contributed by atoms with van der Waals surface area (Å²) in [6.45, 7) is 8.43. The third-order valence-electron chi connectivity index (χ3n) is 4.94. The summed E-state index contributed by atoms with van der Waals surface area (Å²) in [5.74, 6) is 1.81. The molecule has 0 saturated heterocycles. The van der Waals surface area contributed by atoms with Crippen LogP contribution in [0.3, 0.4) is 0 Å². The second-order valence-electron chi connectivity index (χ2n) is 6.61. The maximum absolute atomic E-state index is 11.0. The van der Waals surface area contributed by atoms with Gasteiger partial charge in [-0.3, -0.25) is 4.98 Å². The van der Waals surface area contributed by atoms with Crippen molar-refractivity contribution in [1.29, 1.82) is 0 Å². The molecule has 2 rings (SSSR count).